The van der Waals surface area contributed by atoms with Crippen LogP contribution in [0.1, 0.15) is 15.9 Å². The maximum absolute atomic E-state index is 11.9. The van der Waals surface area contributed by atoms with E-state index in [0.717, 1.165) is 5.56 Å². The highest BCUT2D eigenvalue weighted by Gasteiger charge is 2.14. The number of likely N-dealkylation sites (N-methyl/N-ethyl adjacent to an activating group) is 1. The number of amides is 1. The van der Waals surface area contributed by atoms with Crippen LogP contribution in [-0.4, -0.2) is 30.9 Å². The molecule has 0 aliphatic heterocycles. The maximum atomic E-state index is 11.9. The summed E-state index contributed by atoms with van der Waals surface area (Å²) in [7, 11) is 1.72. The fourth-order valence-corrected chi connectivity index (χ4v) is 1.52. The summed E-state index contributed by atoms with van der Waals surface area (Å²) in [5.74, 6) is -0.0887. The average molecular weight is 227 g/mol. The van der Waals surface area contributed by atoms with Crippen molar-refractivity contribution in [2.24, 2.45) is 5.73 Å². The Hall–Kier alpha value is -1.06. The molecule has 3 nitrogen and oxygen atoms in total. The summed E-state index contributed by atoms with van der Waals surface area (Å²) < 4.78 is 0. The van der Waals surface area contributed by atoms with Gasteiger partial charge in [0.25, 0.3) is 5.91 Å². The standard InChI is InChI=1S/C11H15ClN2O/c1-8-4-3-5-9(10(8)12)11(15)14(2)7-6-13/h3-5H,6-7,13H2,1-2H3. The number of nitrogens with two attached hydrogens (primary N) is 1. The van der Waals surface area contributed by atoms with E-state index in [1.807, 2.05) is 19.1 Å². The van der Waals surface area contributed by atoms with Gasteiger partial charge in [-0.25, -0.2) is 0 Å². The van der Waals surface area contributed by atoms with Crippen molar-refractivity contribution in [3.05, 3.63) is 34.3 Å². The summed E-state index contributed by atoms with van der Waals surface area (Å²) in [5, 5.41) is 0.520. The number of halogens is 1. The van der Waals surface area contributed by atoms with Gasteiger partial charge in [-0.1, -0.05) is 23.7 Å². The third-order valence-electron chi connectivity index (χ3n) is 2.23. The maximum Gasteiger partial charge on any atom is 0.255 e. The van der Waals surface area contributed by atoms with Crippen molar-refractivity contribution in [1.29, 1.82) is 0 Å². The molecule has 1 amide bonds. The highest BCUT2D eigenvalue weighted by Crippen LogP contribution is 2.21. The molecule has 0 unspecified atom stereocenters. The van der Waals surface area contributed by atoms with E-state index in [0.29, 0.717) is 23.7 Å². The van der Waals surface area contributed by atoms with Crippen molar-refractivity contribution in [3.8, 4) is 0 Å². The van der Waals surface area contributed by atoms with Gasteiger partial charge in [-0.15, -0.1) is 0 Å². The zero-order valence-electron chi connectivity index (χ0n) is 8.96. The molecule has 0 radical (unpaired) electrons. The van der Waals surface area contributed by atoms with Gasteiger partial charge < -0.3 is 10.6 Å². The topological polar surface area (TPSA) is 46.3 Å². The summed E-state index contributed by atoms with van der Waals surface area (Å²) in [4.78, 5) is 13.5. The third kappa shape index (κ3) is 2.70. The molecule has 0 aliphatic carbocycles. The molecule has 0 fully saturated rings. The second-order valence-corrected chi connectivity index (χ2v) is 3.83. The number of carbonyl (C=O) groups excluding carboxylic acids is 1. The minimum Gasteiger partial charge on any atom is -0.340 e. The molecule has 0 bridgehead atoms. The summed E-state index contributed by atoms with van der Waals surface area (Å²) >= 11 is 6.05. The van der Waals surface area contributed by atoms with Gasteiger partial charge in [0.05, 0.1) is 10.6 Å². The summed E-state index contributed by atoms with van der Waals surface area (Å²) in [6, 6.07) is 5.43. The summed E-state index contributed by atoms with van der Waals surface area (Å²) in [5.41, 5.74) is 6.83. The van der Waals surface area contributed by atoms with Gasteiger partial charge in [-0.3, -0.25) is 4.79 Å². The number of rotatable bonds is 3. The van der Waals surface area contributed by atoms with Crippen LogP contribution >= 0.6 is 11.6 Å². The van der Waals surface area contributed by atoms with E-state index in [-0.39, 0.29) is 5.91 Å². The van der Waals surface area contributed by atoms with Crippen molar-refractivity contribution < 1.29 is 4.79 Å². The summed E-state index contributed by atoms with van der Waals surface area (Å²) in [6.45, 7) is 2.86. The zero-order valence-corrected chi connectivity index (χ0v) is 9.71. The normalized spacial score (nSPS) is 10.1. The van der Waals surface area contributed by atoms with Crippen LogP contribution in [0.5, 0.6) is 0 Å². The van der Waals surface area contributed by atoms with E-state index in [1.54, 1.807) is 18.0 Å². The number of aryl methyl sites for hydroxylation is 1. The van der Waals surface area contributed by atoms with Crippen LogP contribution in [-0.2, 0) is 0 Å². The quantitative estimate of drug-likeness (QED) is 0.853. The van der Waals surface area contributed by atoms with E-state index < -0.39 is 0 Å². The molecule has 2 N–H and O–H groups in total. The van der Waals surface area contributed by atoms with E-state index in [1.165, 1.54) is 0 Å². The van der Waals surface area contributed by atoms with Crippen molar-refractivity contribution in [3.63, 3.8) is 0 Å². The van der Waals surface area contributed by atoms with Crippen molar-refractivity contribution in [2.75, 3.05) is 20.1 Å². The zero-order chi connectivity index (χ0) is 11.4. The van der Waals surface area contributed by atoms with Crippen LogP contribution in [0, 0.1) is 6.92 Å². The van der Waals surface area contributed by atoms with Crippen LogP contribution in [0.15, 0.2) is 18.2 Å². The molecule has 82 valence electrons. The molecule has 0 saturated carbocycles. The average Bonchev–Trinajstić information content (AvgIpc) is 2.21. The van der Waals surface area contributed by atoms with Gasteiger partial charge in [0.2, 0.25) is 0 Å². The number of hydrogen-bond acceptors (Lipinski definition) is 2. The Morgan fingerprint density at radius 2 is 2.20 bits per heavy atom. The molecular weight excluding hydrogens is 212 g/mol. The highest BCUT2D eigenvalue weighted by molar-refractivity contribution is 6.34. The van der Waals surface area contributed by atoms with Gasteiger partial charge in [0.15, 0.2) is 0 Å². The van der Waals surface area contributed by atoms with Crippen LogP contribution in [0.3, 0.4) is 0 Å². The number of hydrogen-bond donors (Lipinski definition) is 1. The van der Waals surface area contributed by atoms with Gasteiger partial charge in [-0.2, -0.15) is 0 Å². The predicted octanol–water partition coefficient (Wildman–Crippen LogP) is 1.68. The van der Waals surface area contributed by atoms with Gasteiger partial charge in [0, 0.05) is 20.1 Å². The number of nitrogens with zero attached hydrogens (tertiary/aromatic N) is 1. The highest BCUT2D eigenvalue weighted by atomic mass is 35.5. The van der Waals surface area contributed by atoms with Crippen molar-refractivity contribution >= 4 is 17.5 Å². The second-order valence-electron chi connectivity index (χ2n) is 3.45. The molecular formula is C11H15ClN2O. The molecule has 1 aromatic rings. The SMILES string of the molecule is Cc1cccc(C(=O)N(C)CCN)c1Cl. The molecule has 15 heavy (non-hydrogen) atoms. The molecule has 0 spiro atoms. The van der Waals surface area contributed by atoms with Crippen molar-refractivity contribution in [2.45, 2.75) is 6.92 Å². The first-order valence-corrected chi connectivity index (χ1v) is 5.16. The Balaban J connectivity index is 2.96. The molecule has 0 atom stereocenters. The van der Waals surface area contributed by atoms with Crippen LogP contribution in [0.2, 0.25) is 5.02 Å². The Bertz CT molecular complexity index is 366. The molecule has 1 aromatic carbocycles. The van der Waals surface area contributed by atoms with Gasteiger partial charge in [0.1, 0.15) is 0 Å². The van der Waals surface area contributed by atoms with Crippen molar-refractivity contribution in [1.82, 2.24) is 4.90 Å². The first-order valence-electron chi connectivity index (χ1n) is 4.78. The lowest BCUT2D eigenvalue weighted by molar-refractivity contribution is 0.0799. The Morgan fingerprint density at radius 1 is 1.53 bits per heavy atom. The lowest BCUT2D eigenvalue weighted by Gasteiger charge is -2.17. The van der Waals surface area contributed by atoms with E-state index in [9.17, 15) is 4.79 Å². The summed E-state index contributed by atoms with van der Waals surface area (Å²) in [6.07, 6.45) is 0. The van der Waals surface area contributed by atoms with Crippen LogP contribution in [0.4, 0.5) is 0 Å². The first-order chi connectivity index (χ1) is 7.07. The molecule has 0 aromatic heterocycles. The lowest BCUT2D eigenvalue weighted by atomic mass is 10.1. The molecule has 1 rings (SSSR count). The largest absolute Gasteiger partial charge is 0.340 e. The predicted molar refractivity (Wildman–Crippen MR) is 62.2 cm³/mol. The molecule has 4 heteroatoms. The second kappa shape index (κ2) is 5.14. The van der Waals surface area contributed by atoms with E-state index in [4.69, 9.17) is 17.3 Å². The minimum absolute atomic E-state index is 0.0887. The Morgan fingerprint density at radius 3 is 2.80 bits per heavy atom. The fraction of sp³-hybridized carbons (Fsp3) is 0.364. The van der Waals surface area contributed by atoms with E-state index >= 15 is 0 Å². The Kier molecular flexibility index (Phi) is 4.12. The van der Waals surface area contributed by atoms with Crippen LogP contribution < -0.4 is 5.73 Å². The smallest absolute Gasteiger partial charge is 0.255 e. The van der Waals surface area contributed by atoms with Crippen LogP contribution in [0.25, 0.3) is 0 Å². The Labute approximate surface area is 94.8 Å². The molecule has 0 aliphatic rings. The van der Waals surface area contributed by atoms with Gasteiger partial charge >= 0.3 is 0 Å². The lowest BCUT2D eigenvalue weighted by Crippen LogP contribution is -2.31. The van der Waals surface area contributed by atoms with Gasteiger partial charge in [-0.05, 0) is 18.6 Å². The third-order valence-corrected chi connectivity index (χ3v) is 2.74. The van der Waals surface area contributed by atoms with E-state index in [2.05, 4.69) is 0 Å². The minimum atomic E-state index is -0.0887. The number of carbonyl (C=O) groups is 1. The number of benzene rings is 1. The molecule has 0 saturated heterocycles. The fourth-order valence-electron chi connectivity index (χ4n) is 1.31. The first kappa shape index (κ1) is 12.0. The molecule has 0 heterocycles. The monoisotopic (exact) mass is 226 g/mol.